The van der Waals surface area contributed by atoms with E-state index in [2.05, 4.69) is 10.3 Å². The number of aryl methyl sites for hydroxylation is 1. The van der Waals surface area contributed by atoms with Crippen LogP contribution in [0.4, 0.5) is 14.5 Å². The van der Waals surface area contributed by atoms with Gasteiger partial charge in [-0.1, -0.05) is 0 Å². The molecule has 0 atom stereocenters. The maximum atomic E-state index is 13.3. The third kappa shape index (κ3) is 2.81. The molecule has 2 aromatic rings. The summed E-state index contributed by atoms with van der Waals surface area (Å²) in [6.45, 7) is 0.549. The molecule has 17 heavy (non-hydrogen) atoms. The minimum absolute atomic E-state index is 0.306. The Labute approximate surface area is 98.1 Å². The zero-order valence-corrected chi connectivity index (χ0v) is 9.45. The molecule has 0 aliphatic heterocycles. The van der Waals surface area contributed by atoms with Crippen LogP contribution in [0.25, 0.3) is 0 Å². The Hall–Kier alpha value is -1.91. The van der Waals surface area contributed by atoms with Crippen LogP contribution in [-0.4, -0.2) is 16.1 Å². The summed E-state index contributed by atoms with van der Waals surface area (Å²) in [5.41, 5.74) is 0.306. The maximum Gasteiger partial charge on any atom is 0.149 e. The van der Waals surface area contributed by atoms with E-state index in [1.54, 1.807) is 6.20 Å². The first-order chi connectivity index (χ1) is 8.16. The molecule has 3 nitrogen and oxygen atoms in total. The summed E-state index contributed by atoms with van der Waals surface area (Å²) >= 11 is 0. The second-order valence-electron chi connectivity index (χ2n) is 3.76. The van der Waals surface area contributed by atoms with E-state index in [4.69, 9.17) is 0 Å². The van der Waals surface area contributed by atoms with Crippen molar-refractivity contribution in [1.82, 2.24) is 9.55 Å². The van der Waals surface area contributed by atoms with Gasteiger partial charge in [-0.05, 0) is 12.1 Å². The molecule has 0 saturated heterocycles. The van der Waals surface area contributed by atoms with Crippen LogP contribution in [0.1, 0.15) is 5.82 Å². The molecule has 0 bridgehead atoms. The summed E-state index contributed by atoms with van der Waals surface area (Å²) in [5, 5.41) is 2.91. The van der Waals surface area contributed by atoms with Gasteiger partial charge in [0.2, 0.25) is 0 Å². The quantitative estimate of drug-likeness (QED) is 0.884. The number of nitrogens with zero attached hydrogens (tertiary/aromatic N) is 2. The highest BCUT2D eigenvalue weighted by Crippen LogP contribution is 2.14. The van der Waals surface area contributed by atoms with Crippen molar-refractivity contribution in [2.24, 2.45) is 7.05 Å². The summed E-state index contributed by atoms with van der Waals surface area (Å²) in [4.78, 5) is 4.15. The topological polar surface area (TPSA) is 29.9 Å². The standard InChI is InChI=1S/C12H13F2N3/c1-17-7-6-16-12(17)4-5-15-11-3-2-9(13)8-10(11)14/h2-3,6-8,15H,4-5H2,1H3. The van der Waals surface area contributed by atoms with Gasteiger partial charge in [0.05, 0.1) is 5.69 Å². The predicted octanol–water partition coefficient (Wildman–Crippen LogP) is 2.35. The number of nitrogens with one attached hydrogen (secondary N) is 1. The second kappa shape index (κ2) is 4.95. The van der Waals surface area contributed by atoms with E-state index in [0.29, 0.717) is 18.7 Å². The molecule has 0 saturated carbocycles. The molecule has 0 amide bonds. The lowest BCUT2D eigenvalue weighted by Crippen LogP contribution is -2.09. The Morgan fingerprint density at radius 1 is 1.35 bits per heavy atom. The van der Waals surface area contributed by atoms with Crippen molar-refractivity contribution in [3.8, 4) is 0 Å². The lowest BCUT2D eigenvalue weighted by Gasteiger charge is -2.07. The number of aromatic nitrogens is 2. The Morgan fingerprint density at radius 3 is 2.82 bits per heavy atom. The van der Waals surface area contributed by atoms with Crippen molar-refractivity contribution in [3.63, 3.8) is 0 Å². The van der Waals surface area contributed by atoms with Crippen LogP contribution in [0.15, 0.2) is 30.6 Å². The number of benzene rings is 1. The van der Waals surface area contributed by atoms with Crippen molar-refractivity contribution < 1.29 is 8.78 Å². The van der Waals surface area contributed by atoms with Crippen molar-refractivity contribution in [3.05, 3.63) is 48.1 Å². The van der Waals surface area contributed by atoms with Crippen LogP contribution in [0.3, 0.4) is 0 Å². The summed E-state index contributed by atoms with van der Waals surface area (Å²) in [6, 6.07) is 3.48. The maximum absolute atomic E-state index is 13.3. The summed E-state index contributed by atoms with van der Waals surface area (Å²) in [6.07, 6.45) is 4.25. The highest BCUT2D eigenvalue weighted by atomic mass is 19.1. The first-order valence-electron chi connectivity index (χ1n) is 5.32. The van der Waals surface area contributed by atoms with E-state index in [-0.39, 0.29) is 0 Å². The average Bonchev–Trinajstić information content (AvgIpc) is 2.68. The molecule has 2 rings (SSSR count). The van der Waals surface area contributed by atoms with Gasteiger partial charge >= 0.3 is 0 Å². The molecule has 0 aliphatic carbocycles. The van der Waals surface area contributed by atoms with Crippen LogP contribution < -0.4 is 5.32 Å². The Kier molecular flexibility index (Phi) is 3.37. The monoisotopic (exact) mass is 237 g/mol. The second-order valence-corrected chi connectivity index (χ2v) is 3.76. The third-order valence-corrected chi connectivity index (χ3v) is 2.52. The van der Waals surface area contributed by atoms with E-state index in [0.717, 1.165) is 11.9 Å². The molecule has 1 aromatic heterocycles. The van der Waals surface area contributed by atoms with Crippen LogP contribution >= 0.6 is 0 Å². The fourth-order valence-corrected chi connectivity index (χ4v) is 1.58. The van der Waals surface area contributed by atoms with Crippen molar-refractivity contribution in [2.45, 2.75) is 6.42 Å². The zero-order chi connectivity index (χ0) is 12.3. The number of rotatable bonds is 4. The Balaban J connectivity index is 1.92. The van der Waals surface area contributed by atoms with E-state index in [9.17, 15) is 8.78 Å². The van der Waals surface area contributed by atoms with Crippen LogP contribution in [0.5, 0.6) is 0 Å². The molecule has 5 heteroatoms. The highest BCUT2D eigenvalue weighted by Gasteiger charge is 2.03. The average molecular weight is 237 g/mol. The van der Waals surface area contributed by atoms with Gasteiger partial charge in [0, 0.05) is 38.5 Å². The molecule has 90 valence electrons. The van der Waals surface area contributed by atoms with Crippen LogP contribution in [0, 0.1) is 11.6 Å². The number of hydrogen-bond acceptors (Lipinski definition) is 2. The number of anilines is 1. The fraction of sp³-hybridized carbons (Fsp3) is 0.250. The van der Waals surface area contributed by atoms with Gasteiger partial charge in [-0.2, -0.15) is 0 Å². The molecule has 0 radical (unpaired) electrons. The van der Waals surface area contributed by atoms with Gasteiger partial charge < -0.3 is 9.88 Å². The summed E-state index contributed by atoms with van der Waals surface area (Å²) in [7, 11) is 1.90. The van der Waals surface area contributed by atoms with Crippen LogP contribution in [0.2, 0.25) is 0 Å². The van der Waals surface area contributed by atoms with Gasteiger partial charge in [-0.15, -0.1) is 0 Å². The lowest BCUT2D eigenvalue weighted by atomic mass is 10.3. The molecule has 0 spiro atoms. The zero-order valence-electron chi connectivity index (χ0n) is 9.45. The SMILES string of the molecule is Cn1ccnc1CCNc1ccc(F)cc1F. The normalized spacial score (nSPS) is 10.5. The van der Waals surface area contributed by atoms with Gasteiger partial charge in [-0.3, -0.25) is 0 Å². The van der Waals surface area contributed by atoms with Gasteiger partial charge in [-0.25, -0.2) is 13.8 Å². The summed E-state index contributed by atoms with van der Waals surface area (Å²) < 4.78 is 27.8. The van der Waals surface area contributed by atoms with Gasteiger partial charge in [0.1, 0.15) is 17.5 Å². The number of halogens is 2. The molecule has 0 aliphatic rings. The van der Waals surface area contributed by atoms with E-state index in [1.807, 2.05) is 17.8 Å². The molecular formula is C12H13F2N3. The molecule has 1 N–H and O–H groups in total. The smallest absolute Gasteiger partial charge is 0.149 e. The van der Waals surface area contributed by atoms with Gasteiger partial charge in [0.25, 0.3) is 0 Å². The van der Waals surface area contributed by atoms with E-state index < -0.39 is 11.6 Å². The van der Waals surface area contributed by atoms with Crippen LogP contribution in [-0.2, 0) is 13.5 Å². The van der Waals surface area contributed by atoms with E-state index >= 15 is 0 Å². The Morgan fingerprint density at radius 2 is 2.18 bits per heavy atom. The fourth-order valence-electron chi connectivity index (χ4n) is 1.58. The number of imidazole rings is 1. The molecule has 1 aromatic carbocycles. The van der Waals surface area contributed by atoms with Crippen molar-refractivity contribution >= 4 is 5.69 Å². The first kappa shape index (κ1) is 11.6. The number of hydrogen-bond donors (Lipinski definition) is 1. The molecule has 1 heterocycles. The minimum Gasteiger partial charge on any atom is -0.382 e. The lowest BCUT2D eigenvalue weighted by molar-refractivity contribution is 0.585. The molecule has 0 unspecified atom stereocenters. The molecule has 0 fully saturated rings. The van der Waals surface area contributed by atoms with E-state index in [1.165, 1.54) is 12.1 Å². The van der Waals surface area contributed by atoms with Crippen molar-refractivity contribution in [2.75, 3.05) is 11.9 Å². The Bertz CT molecular complexity index is 508. The third-order valence-electron chi connectivity index (χ3n) is 2.52. The van der Waals surface area contributed by atoms with Crippen molar-refractivity contribution in [1.29, 1.82) is 0 Å². The highest BCUT2D eigenvalue weighted by molar-refractivity contribution is 5.44. The van der Waals surface area contributed by atoms with Gasteiger partial charge in [0.15, 0.2) is 0 Å². The predicted molar refractivity (Wildman–Crippen MR) is 61.8 cm³/mol. The molecular weight excluding hydrogens is 224 g/mol. The summed E-state index contributed by atoms with van der Waals surface area (Å²) in [5.74, 6) is -0.234. The minimum atomic E-state index is -0.579. The first-order valence-corrected chi connectivity index (χ1v) is 5.32. The largest absolute Gasteiger partial charge is 0.382 e.